The van der Waals surface area contributed by atoms with Crippen LogP contribution in [0.4, 0.5) is 0 Å². The van der Waals surface area contributed by atoms with Gasteiger partial charge in [-0.05, 0) is 50.4 Å². The number of rotatable bonds is 6. The number of aromatic nitrogens is 1. The van der Waals surface area contributed by atoms with Crippen LogP contribution in [0.15, 0.2) is 66.9 Å². The van der Waals surface area contributed by atoms with Crippen molar-refractivity contribution in [1.82, 2.24) is 9.88 Å². The average Bonchev–Trinajstić information content (AvgIpc) is 3.19. The highest BCUT2D eigenvalue weighted by atomic mass is 16.4. The van der Waals surface area contributed by atoms with E-state index in [4.69, 9.17) is 10.2 Å². The van der Waals surface area contributed by atoms with Crippen molar-refractivity contribution in [1.29, 1.82) is 0 Å². The molecule has 0 amide bonds. The van der Waals surface area contributed by atoms with Crippen LogP contribution < -0.4 is 0 Å². The second-order valence-corrected chi connectivity index (χ2v) is 7.29. The number of carboxylic acids is 2. The summed E-state index contributed by atoms with van der Waals surface area (Å²) in [5, 5.41) is 15.6. The van der Waals surface area contributed by atoms with Gasteiger partial charge in [0, 0.05) is 42.5 Å². The molecular formula is C23H28N2O4. The molecule has 1 aromatic heterocycles. The van der Waals surface area contributed by atoms with Crippen molar-refractivity contribution in [3.05, 3.63) is 78.1 Å². The standard InChI is InChI=1S/C19H24N2.C4H4O4/c1-15(2)21-13-11-17(14-21)19(16-8-4-3-5-9-16)18-10-6-7-12-20-18;5-3(6)1-2-4(7)8/h3-10,12,15,17,19H,11,13-14H2,1-2H3;1-2H,(H,5,6)(H,7,8)/b;2-1-. The normalized spacial score (nSPS) is 17.7. The van der Waals surface area contributed by atoms with E-state index in [1.54, 1.807) is 0 Å². The molecule has 2 unspecified atom stereocenters. The van der Waals surface area contributed by atoms with Gasteiger partial charge in [0.25, 0.3) is 0 Å². The van der Waals surface area contributed by atoms with Gasteiger partial charge in [0.2, 0.25) is 0 Å². The number of likely N-dealkylation sites (tertiary alicyclic amines) is 1. The Hall–Kier alpha value is -2.99. The number of benzene rings is 1. The molecule has 1 fully saturated rings. The minimum Gasteiger partial charge on any atom is -0.478 e. The Morgan fingerprint density at radius 2 is 1.66 bits per heavy atom. The van der Waals surface area contributed by atoms with Crippen LogP contribution in [0.1, 0.15) is 37.4 Å². The zero-order chi connectivity index (χ0) is 21.2. The third-order valence-corrected chi connectivity index (χ3v) is 4.99. The van der Waals surface area contributed by atoms with Crippen LogP contribution in [-0.2, 0) is 9.59 Å². The van der Waals surface area contributed by atoms with E-state index < -0.39 is 11.9 Å². The van der Waals surface area contributed by atoms with Crippen LogP contribution in [-0.4, -0.2) is 51.2 Å². The Kier molecular flexibility index (Phi) is 8.55. The molecule has 1 aliphatic heterocycles. The fraction of sp³-hybridized carbons (Fsp3) is 0.348. The summed E-state index contributed by atoms with van der Waals surface area (Å²) in [5.74, 6) is -1.44. The fourth-order valence-corrected chi connectivity index (χ4v) is 3.60. The number of aliphatic carboxylic acids is 2. The van der Waals surface area contributed by atoms with Crippen molar-refractivity contribution in [3.63, 3.8) is 0 Å². The second-order valence-electron chi connectivity index (χ2n) is 7.29. The van der Waals surface area contributed by atoms with Crippen molar-refractivity contribution in [2.75, 3.05) is 13.1 Å². The van der Waals surface area contributed by atoms with Gasteiger partial charge in [-0.25, -0.2) is 9.59 Å². The summed E-state index contributed by atoms with van der Waals surface area (Å²) in [5.41, 5.74) is 2.60. The average molecular weight is 396 g/mol. The quantitative estimate of drug-likeness (QED) is 0.724. The molecule has 3 rings (SSSR count). The smallest absolute Gasteiger partial charge is 0.328 e. The van der Waals surface area contributed by atoms with Crippen LogP contribution >= 0.6 is 0 Å². The van der Waals surface area contributed by atoms with Gasteiger partial charge in [0.15, 0.2) is 0 Å². The monoisotopic (exact) mass is 396 g/mol. The molecule has 0 aliphatic carbocycles. The first-order valence-corrected chi connectivity index (χ1v) is 9.72. The molecule has 0 saturated carbocycles. The van der Waals surface area contributed by atoms with Crippen LogP contribution in [0.25, 0.3) is 0 Å². The third kappa shape index (κ3) is 7.16. The van der Waals surface area contributed by atoms with E-state index in [1.165, 1.54) is 30.8 Å². The fourth-order valence-electron chi connectivity index (χ4n) is 3.60. The van der Waals surface area contributed by atoms with Crippen LogP contribution in [0.3, 0.4) is 0 Å². The summed E-state index contributed by atoms with van der Waals surface area (Å²) in [4.78, 5) is 26.3. The number of carboxylic acid groups (broad SMARTS) is 2. The molecule has 29 heavy (non-hydrogen) atoms. The van der Waals surface area contributed by atoms with Gasteiger partial charge in [0.05, 0.1) is 0 Å². The molecule has 2 atom stereocenters. The van der Waals surface area contributed by atoms with E-state index in [2.05, 4.69) is 66.2 Å². The first-order valence-electron chi connectivity index (χ1n) is 9.72. The van der Waals surface area contributed by atoms with Gasteiger partial charge in [-0.2, -0.15) is 0 Å². The molecule has 1 aliphatic rings. The molecule has 6 heteroatoms. The Labute approximate surface area is 171 Å². The van der Waals surface area contributed by atoms with Gasteiger partial charge in [-0.15, -0.1) is 0 Å². The summed E-state index contributed by atoms with van der Waals surface area (Å²) in [6.07, 6.45) is 4.29. The maximum atomic E-state index is 9.55. The van der Waals surface area contributed by atoms with E-state index >= 15 is 0 Å². The lowest BCUT2D eigenvalue weighted by molar-refractivity contribution is -0.134. The Morgan fingerprint density at radius 3 is 2.14 bits per heavy atom. The van der Waals surface area contributed by atoms with Gasteiger partial charge >= 0.3 is 11.9 Å². The Balaban J connectivity index is 0.000000321. The summed E-state index contributed by atoms with van der Waals surface area (Å²) in [6.45, 7) is 6.97. The van der Waals surface area contributed by atoms with Crippen LogP contribution in [0.2, 0.25) is 0 Å². The van der Waals surface area contributed by atoms with Crippen molar-refractivity contribution in [3.8, 4) is 0 Å². The summed E-state index contributed by atoms with van der Waals surface area (Å²) < 4.78 is 0. The molecule has 2 heterocycles. The van der Waals surface area contributed by atoms with Crippen LogP contribution in [0, 0.1) is 5.92 Å². The van der Waals surface area contributed by atoms with E-state index in [1.807, 2.05) is 12.3 Å². The lowest BCUT2D eigenvalue weighted by Gasteiger charge is -2.25. The van der Waals surface area contributed by atoms with Crippen molar-refractivity contribution in [2.24, 2.45) is 5.92 Å². The zero-order valence-corrected chi connectivity index (χ0v) is 16.8. The maximum absolute atomic E-state index is 9.55. The topological polar surface area (TPSA) is 90.7 Å². The summed E-state index contributed by atoms with van der Waals surface area (Å²) in [6, 6.07) is 17.8. The number of hydrogen-bond donors (Lipinski definition) is 2. The Morgan fingerprint density at radius 1 is 1.03 bits per heavy atom. The number of hydrogen-bond acceptors (Lipinski definition) is 4. The van der Waals surface area contributed by atoms with Gasteiger partial charge in [0.1, 0.15) is 0 Å². The highest BCUT2D eigenvalue weighted by molar-refractivity contribution is 5.89. The molecule has 0 spiro atoms. The minimum atomic E-state index is -1.26. The second kappa shape index (κ2) is 11.1. The molecule has 6 nitrogen and oxygen atoms in total. The van der Waals surface area contributed by atoms with Crippen molar-refractivity contribution in [2.45, 2.75) is 32.2 Å². The highest BCUT2D eigenvalue weighted by Gasteiger charge is 2.32. The molecular weight excluding hydrogens is 368 g/mol. The zero-order valence-electron chi connectivity index (χ0n) is 16.8. The van der Waals surface area contributed by atoms with E-state index in [9.17, 15) is 9.59 Å². The van der Waals surface area contributed by atoms with E-state index in [-0.39, 0.29) is 0 Å². The van der Waals surface area contributed by atoms with Crippen molar-refractivity contribution >= 4 is 11.9 Å². The third-order valence-electron chi connectivity index (χ3n) is 4.99. The van der Waals surface area contributed by atoms with Crippen molar-refractivity contribution < 1.29 is 19.8 Å². The molecule has 0 bridgehead atoms. The molecule has 2 N–H and O–H groups in total. The van der Waals surface area contributed by atoms with Gasteiger partial charge in [-0.3, -0.25) is 4.98 Å². The highest BCUT2D eigenvalue weighted by Crippen LogP contribution is 2.36. The SMILES string of the molecule is CC(C)N1CCC(C(c2ccccc2)c2ccccn2)C1.O=C(O)/C=C\C(=O)O. The minimum absolute atomic E-state index is 0.413. The number of nitrogens with zero attached hydrogens (tertiary/aromatic N) is 2. The predicted molar refractivity (Wildman–Crippen MR) is 112 cm³/mol. The largest absolute Gasteiger partial charge is 0.478 e. The Bertz CT molecular complexity index is 751. The van der Waals surface area contributed by atoms with Crippen LogP contribution in [0.5, 0.6) is 0 Å². The summed E-state index contributed by atoms with van der Waals surface area (Å²) >= 11 is 0. The van der Waals surface area contributed by atoms with Gasteiger partial charge in [-0.1, -0.05) is 36.4 Å². The predicted octanol–water partition coefficient (Wildman–Crippen LogP) is 3.66. The molecule has 2 aromatic rings. The molecule has 154 valence electrons. The lowest BCUT2D eigenvalue weighted by atomic mass is 9.82. The summed E-state index contributed by atoms with van der Waals surface area (Å²) in [7, 11) is 0. The molecule has 1 aromatic carbocycles. The lowest BCUT2D eigenvalue weighted by Crippen LogP contribution is -2.29. The maximum Gasteiger partial charge on any atom is 0.328 e. The van der Waals surface area contributed by atoms with E-state index in [0.29, 0.717) is 30.0 Å². The first kappa shape index (κ1) is 22.3. The van der Waals surface area contributed by atoms with Gasteiger partial charge < -0.3 is 15.1 Å². The van der Waals surface area contributed by atoms with E-state index in [0.717, 1.165) is 0 Å². The number of carbonyl (C=O) groups is 2. The first-order chi connectivity index (χ1) is 13.9. The number of pyridine rings is 1. The molecule has 0 radical (unpaired) electrons. The molecule has 1 saturated heterocycles.